The highest BCUT2D eigenvalue weighted by Gasteiger charge is 2.32. The van der Waals surface area contributed by atoms with Gasteiger partial charge in [-0.1, -0.05) is 73.9 Å². The van der Waals surface area contributed by atoms with E-state index in [0.717, 1.165) is 47.9 Å². The van der Waals surface area contributed by atoms with Crippen LogP contribution in [0.4, 0.5) is 4.39 Å². The quantitative estimate of drug-likeness (QED) is 0.339. The van der Waals surface area contributed by atoms with Crippen molar-refractivity contribution in [1.29, 1.82) is 0 Å². The van der Waals surface area contributed by atoms with Gasteiger partial charge in [0.1, 0.15) is 17.6 Å². The molecular weight excluding hydrogens is 491 g/mol. The molecule has 0 saturated heterocycles. The second kappa shape index (κ2) is 13.4. The number of rotatable bonds is 10. The first-order chi connectivity index (χ1) is 18.8. The zero-order chi connectivity index (χ0) is 27.8. The van der Waals surface area contributed by atoms with Crippen molar-refractivity contribution >= 4 is 11.8 Å². The maximum atomic E-state index is 14.8. The number of aryl methyl sites for hydroxylation is 2. The van der Waals surface area contributed by atoms with E-state index in [-0.39, 0.29) is 31.0 Å². The molecule has 1 saturated carbocycles. The van der Waals surface area contributed by atoms with Crippen molar-refractivity contribution in [3.8, 4) is 5.75 Å². The van der Waals surface area contributed by atoms with Crippen molar-refractivity contribution in [1.82, 2.24) is 10.2 Å². The second-order valence-electron chi connectivity index (χ2n) is 10.7. The maximum Gasteiger partial charge on any atom is 0.261 e. The summed E-state index contributed by atoms with van der Waals surface area (Å²) >= 11 is 0. The van der Waals surface area contributed by atoms with E-state index >= 15 is 0 Å². The molecular formula is C33H39FN2O3. The van der Waals surface area contributed by atoms with Gasteiger partial charge in [0.2, 0.25) is 5.91 Å². The second-order valence-corrected chi connectivity index (χ2v) is 10.7. The average molecular weight is 531 g/mol. The van der Waals surface area contributed by atoms with Crippen LogP contribution in [0.3, 0.4) is 0 Å². The van der Waals surface area contributed by atoms with Crippen LogP contribution in [0.25, 0.3) is 0 Å². The predicted octanol–water partition coefficient (Wildman–Crippen LogP) is 6.22. The van der Waals surface area contributed by atoms with E-state index in [1.807, 2.05) is 57.2 Å². The number of hydrogen-bond donors (Lipinski definition) is 1. The third-order valence-electron chi connectivity index (χ3n) is 7.64. The lowest BCUT2D eigenvalue weighted by atomic mass is 9.94. The first-order valence-electron chi connectivity index (χ1n) is 13.9. The average Bonchev–Trinajstić information content (AvgIpc) is 2.93. The number of amides is 2. The monoisotopic (exact) mass is 530 g/mol. The van der Waals surface area contributed by atoms with Crippen LogP contribution in [0, 0.1) is 26.6 Å². The summed E-state index contributed by atoms with van der Waals surface area (Å²) in [6.45, 7) is 5.67. The minimum absolute atomic E-state index is 0.0315. The number of ether oxygens (including phenoxy) is 1. The minimum atomic E-state index is -0.814. The fourth-order valence-electron chi connectivity index (χ4n) is 5.28. The number of benzene rings is 3. The van der Waals surface area contributed by atoms with E-state index in [9.17, 15) is 14.0 Å². The standard InChI is InChI=1S/C33H39FN2O3/c1-23-18-24(2)25(3)31(19-23)39-22-32(37)36(21-27-14-10-11-17-29(27)34)30(20-26-12-6-4-7-13-26)33(38)35-28-15-8-5-9-16-28/h4,6-7,10-14,17-19,28,30H,5,8-9,15-16,20-22H2,1-3H3,(H,35,38). The van der Waals surface area contributed by atoms with Gasteiger partial charge in [-0.25, -0.2) is 4.39 Å². The normalized spacial score (nSPS) is 14.5. The van der Waals surface area contributed by atoms with Crippen LogP contribution in [0.1, 0.15) is 59.9 Å². The van der Waals surface area contributed by atoms with E-state index in [1.165, 1.54) is 17.4 Å². The van der Waals surface area contributed by atoms with Gasteiger partial charge in [0.05, 0.1) is 0 Å². The maximum absolute atomic E-state index is 14.8. The molecule has 2 amide bonds. The Kier molecular flexibility index (Phi) is 9.74. The summed E-state index contributed by atoms with van der Waals surface area (Å²) in [7, 11) is 0. The zero-order valence-corrected chi connectivity index (χ0v) is 23.2. The molecule has 0 aliphatic heterocycles. The molecule has 0 heterocycles. The summed E-state index contributed by atoms with van der Waals surface area (Å²) in [5.41, 5.74) is 4.37. The van der Waals surface area contributed by atoms with Gasteiger partial charge < -0.3 is 15.0 Å². The van der Waals surface area contributed by atoms with Crippen molar-refractivity contribution < 1.29 is 18.7 Å². The van der Waals surface area contributed by atoms with Crippen LogP contribution in [0.15, 0.2) is 66.7 Å². The Morgan fingerprint density at radius 3 is 2.38 bits per heavy atom. The van der Waals surface area contributed by atoms with Crippen LogP contribution < -0.4 is 10.1 Å². The highest BCUT2D eigenvalue weighted by molar-refractivity contribution is 5.88. The van der Waals surface area contributed by atoms with Gasteiger partial charge in [0.25, 0.3) is 5.91 Å². The fraction of sp³-hybridized carbons (Fsp3) is 0.394. The zero-order valence-electron chi connectivity index (χ0n) is 23.2. The molecule has 1 aliphatic rings. The van der Waals surface area contributed by atoms with Crippen molar-refractivity contribution in [3.63, 3.8) is 0 Å². The fourth-order valence-corrected chi connectivity index (χ4v) is 5.28. The largest absolute Gasteiger partial charge is 0.483 e. The van der Waals surface area contributed by atoms with Crippen LogP contribution in [0.5, 0.6) is 5.75 Å². The molecule has 4 rings (SSSR count). The highest BCUT2D eigenvalue weighted by atomic mass is 19.1. The molecule has 5 nitrogen and oxygen atoms in total. The van der Waals surface area contributed by atoms with Gasteiger partial charge >= 0.3 is 0 Å². The van der Waals surface area contributed by atoms with Gasteiger partial charge in [0, 0.05) is 24.6 Å². The molecule has 0 bridgehead atoms. The number of nitrogens with one attached hydrogen (secondary N) is 1. The SMILES string of the molecule is Cc1cc(C)c(C)c(OCC(=O)N(Cc2ccccc2F)C(Cc2ccccc2)C(=O)NC2CCCCC2)c1. The van der Waals surface area contributed by atoms with E-state index < -0.39 is 11.9 Å². The van der Waals surface area contributed by atoms with Crippen LogP contribution in [-0.4, -0.2) is 35.4 Å². The summed E-state index contributed by atoms with van der Waals surface area (Å²) < 4.78 is 20.8. The summed E-state index contributed by atoms with van der Waals surface area (Å²) in [6, 6.07) is 19.3. The summed E-state index contributed by atoms with van der Waals surface area (Å²) in [5.74, 6) is -0.347. The lowest BCUT2D eigenvalue weighted by Gasteiger charge is -2.33. The summed E-state index contributed by atoms with van der Waals surface area (Å²) in [5, 5.41) is 3.21. The molecule has 0 radical (unpaired) electrons. The molecule has 1 fully saturated rings. The molecule has 1 atom stereocenters. The van der Waals surface area contributed by atoms with Gasteiger partial charge in [-0.3, -0.25) is 9.59 Å². The third-order valence-corrected chi connectivity index (χ3v) is 7.64. The first kappa shape index (κ1) is 28.3. The minimum Gasteiger partial charge on any atom is -0.483 e. The molecule has 1 N–H and O–H groups in total. The molecule has 6 heteroatoms. The number of hydrogen-bond acceptors (Lipinski definition) is 3. The van der Waals surface area contributed by atoms with Crippen molar-refractivity contribution in [2.45, 2.75) is 77.9 Å². The Labute approximate surface area is 231 Å². The Balaban J connectivity index is 1.64. The molecule has 3 aromatic rings. The lowest BCUT2D eigenvalue weighted by molar-refractivity contribution is -0.143. The number of nitrogens with zero attached hydrogens (tertiary/aromatic N) is 1. The molecule has 3 aromatic carbocycles. The van der Waals surface area contributed by atoms with E-state index in [1.54, 1.807) is 18.2 Å². The molecule has 1 unspecified atom stereocenters. The van der Waals surface area contributed by atoms with E-state index in [4.69, 9.17) is 4.74 Å². The molecule has 0 aromatic heterocycles. The first-order valence-corrected chi connectivity index (χ1v) is 13.9. The number of carbonyl (C=O) groups is 2. The van der Waals surface area contributed by atoms with Gasteiger partial charge in [0.15, 0.2) is 6.61 Å². The topological polar surface area (TPSA) is 58.6 Å². The van der Waals surface area contributed by atoms with Crippen LogP contribution in [0.2, 0.25) is 0 Å². The lowest BCUT2D eigenvalue weighted by Crippen LogP contribution is -2.53. The third kappa shape index (κ3) is 7.69. The van der Waals surface area contributed by atoms with Crippen molar-refractivity contribution in [2.75, 3.05) is 6.61 Å². The van der Waals surface area contributed by atoms with E-state index in [0.29, 0.717) is 17.7 Å². The predicted molar refractivity (Wildman–Crippen MR) is 152 cm³/mol. The van der Waals surface area contributed by atoms with Gasteiger partial charge in [-0.05, 0) is 68.0 Å². The molecule has 1 aliphatic carbocycles. The van der Waals surface area contributed by atoms with Crippen molar-refractivity contribution in [3.05, 3.63) is 100 Å². The number of carbonyl (C=O) groups excluding carboxylic acids is 2. The molecule has 39 heavy (non-hydrogen) atoms. The Morgan fingerprint density at radius 1 is 0.974 bits per heavy atom. The van der Waals surface area contributed by atoms with Crippen molar-refractivity contribution in [2.24, 2.45) is 0 Å². The molecule has 206 valence electrons. The van der Waals surface area contributed by atoms with E-state index in [2.05, 4.69) is 11.4 Å². The number of halogens is 1. The van der Waals surface area contributed by atoms with Gasteiger partial charge in [-0.15, -0.1) is 0 Å². The highest BCUT2D eigenvalue weighted by Crippen LogP contribution is 2.24. The smallest absolute Gasteiger partial charge is 0.261 e. The Morgan fingerprint density at radius 2 is 1.67 bits per heavy atom. The Hall–Kier alpha value is -3.67. The summed E-state index contributed by atoms with van der Waals surface area (Å²) in [4.78, 5) is 29.1. The summed E-state index contributed by atoms with van der Waals surface area (Å²) in [6.07, 6.45) is 5.51. The van der Waals surface area contributed by atoms with Crippen LogP contribution >= 0.6 is 0 Å². The Bertz CT molecular complexity index is 1270. The van der Waals surface area contributed by atoms with Crippen LogP contribution in [-0.2, 0) is 22.6 Å². The molecule has 0 spiro atoms. The van der Waals surface area contributed by atoms with Gasteiger partial charge in [-0.2, -0.15) is 0 Å².